The van der Waals surface area contributed by atoms with Crippen LogP contribution in [0.5, 0.6) is 5.75 Å². The molecule has 3 aromatic carbocycles. The minimum atomic E-state index is -1.93. The number of halogens is 2. The summed E-state index contributed by atoms with van der Waals surface area (Å²) in [6.45, 7) is -0.463. The first kappa shape index (κ1) is 23.9. The van der Waals surface area contributed by atoms with Gasteiger partial charge in [-0.3, -0.25) is 4.79 Å². The topological polar surface area (TPSA) is 108 Å². The van der Waals surface area contributed by atoms with Crippen molar-refractivity contribution in [2.75, 3.05) is 6.61 Å². The standard InChI is InChI=1S/C23H18BrIN2O5/c24-18-11-15(12-19(25)21(18)32-14-20(28)29)13-26-27-22(30)23(31,16-7-3-1-4-8-16)17-9-5-2-6-10-17/h1-13,31H,14H2,(H,27,30)(H,28,29)/b26-13+. The first-order valence-corrected chi connectivity index (χ1v) is 11.2. The van der Waals surface area contributed by atoms with Crippen molar-refractivity contribution >= 4 is 56.6 Å². The van der Waals surface area contributed by atoms with Crippen LogP contribution in [0.1, 0.15) is 16.7 Å². The fourth-order valence-corrected chi connectivity index (χ4v) is 4.73. The van der Waals surface area contributed by atoms with Gasteiger partial charge in [-0.15, -0.1) is 0 Å². The molecule has 0 atom stereocenters. The number of hydrazone groups is 1. The van der Waals surface area contributed by atoms with E-state index in [1.165, 1.54) is 6.21 Å². The highest BCUT2D eigenvalue weighted by Gasteiger charge is 2.39. The molecule has 0 aliphatic heterocycles. The van der Waals surface area contributed by atoms with E-state index in [1.807, 2.05) is 22.6 Å². The molecule has 0 saturated heterocycles. The van der Waals surface area contributed by atoms with Crippen molar-refractivity contribution < 1.29 is 24.5 Å². The Labute approximate surface area is 206 Å². The summed E-state index contributed by atoms with van der Waals surface area (Å²) in [5.74, 6) is -1.39. The van der Waals surface area contributed by atoms with Crippen LogP contribution in [0.15, 0.2) is 82.4 Å². The van der Waals surface area contributed by atoms with Gasteiger partial charge in [0.1, 0.15) is 5.75 Å². The van der Waals surface area contributed by atoms with Crippen LogP contribution in [0.2, 0.25) is 0 Å². The number of hydrogen-bond donors (Lipinski definition) is 3. The smallest absolute Gasteiger partial charge is 0.341 e. The van der Waals surface area contributed by atoms with E-state index >= 15 is 0 Å². The van der Waals surface area contributed by atoms with Crippen LogP contribution < -0.4 is 10.2 Å². The molecular formula is C23H18BrIN2O5. The third-order valence-corrected chi connectivity index (χ3v) is 5.84. The second-order valence-corrected chi connectivity index (χ2v) is 8.65. The Morgan fingerprint density at radius 3 is 2.12 bits per heavy atom. The largest absolute Gasteiger partial charge is 0.480 e. The van der Waals surface area contributed by atoms with E-state index < -0.39 is 24.1 Å². The molecule has 0 aliphatic carbocycles. The lowest BCUT2D eigenvalue weighted by atomic mass is 9.85. The van der Waals surface area contributed by atoms with Crippen LogP contribution >= 0.6 is 38.5 Å². The average Bonchev–Trinajstić information content (AvgIpc) is 2.79. The van der Waals surface area contributed by atoms with Gasteiger partial charge in [0.2, 0.25) is 0 Å². The molecule has 3 aromatic rings. The third kappa shape index (κ3) is 5.53. The number of hydrogen-bond acceptors (Lipinski definition) is 5. The number of nitrogens with zero attached hydrogens (tertiary/aromatic N) is 1. The quantitative estimate of drug-likeness (QED) is 0.204. The van der Waals surface area contributed by atoms with Gasteiger partial charge in [0.15, 0.2) is 12.2 Å². The molecule has 7 nitrogen and oxygen atoms in total. The van der Waals surface area contributed by atoms with Crippen LogP contribution in [-0.4, -0.2) is 34.9 Å². The summed E-state index contributed by atoms with van der Waals surface area (Å²) in [7, 11) is 0. The zero-order chi connectivity index (χ0) is 23.1. The van der Waals surface area contributed by atoms with Gasteiger partial charge in [-0.2, -0.15) is 5.10 Å². The van der Waals surface area contributed by atoms with E-state index in [0.717, 1.165) is 0 Å². The van der Waals surface area contributed by atoms with E-state index in [2.05, 4.69) is 26.5 Å². The lowest BCUT2D eigenvalue weighted by Gasteiger charge is -2.27. The van der Waals surface area contributed by atoms with Gasteiger partial charge in [0.25, 0.3) is 5.91 Å². The third-order valence-electron chi connectivity index (χ3n) is 4.45. The normalized spacial score (nSPS) is 11.3. The summed E-state index contributed by atoms with van der Waals surface area (Å²) in [6.07, 6.45) is 1.42. The van der Waals surface area contributed by atoms with E-state index in [0.29, 0.717) is 30.5 Å². The molecule has 0 saturated carbocycles. The summed E-state index contributed by atoms with van der Waals surface area (Å²) in [5, 5.41) is 24.2. The number of carboxylic acid groups (broad SMARTS) is 1. The molecule has 0 spiro atoms. The van der Waals surface area contributed by atoms with E-state index in [-0.39, 0.29) is 0 Å². The van der Waals surface area contributed by atoms with Gasteiger partial charge in [-0.05, 0) is 67.3 Å². The minimum absolute atomic E-state index is 0.400. The number of ether oxygens (including phenoxy) is 1. The van der Waals surface area contributed by atoms with Crippen LogP contribution in [0.3, 0.4) is 0 Å². The maximum absolute atomic E-state index is 13.0. The van der Waals surface area contributed by atoms with Crippen LogP contribution in [-0.2, 0) is 15.2 Å². The summed E-state index contributed by atoms with van der Waals surface area (Å²) in [5.41, 5.74) is 1.95. The summed E-state index contributed by atoms with van der Waals surface area (Å²) in [4.78, 5) is 23.8. The van der Waals surface area contributed by atoms with Crippen molar-refractivity contribution in [1.82, 2.24) is 5.43 Å². The molecule has 32 heavy (non-hydrogen) atoms. The molecule has 3 rings (SSSR count). The summed E-state index contributed by atoms with van der Waals surface area (Å²) >= 11 is 5.36. The van der Waals surface area contributed by atoms with E-state index in [9.17, 15) is 14.7 Å². The molecule has 1 amide bonds. The average molecular weight is 609 g/mol. The predicted molar refractivity (Wildman–Crippen MR) is 132 cm³/mol. The number of benzene rings is 3. The second kappa shape index (κ2) is 10.7. The van der Waals surface area contributed by atoms with Crippen LogP contribution in [0, 0.1) is 3.57 Å². The lowest BCUT2D eigenvalue weighted by Crippen LogP contribution is -2.43. The van der Waals surface area contributed by atoms with Crippen molar-refractivity contribution in [3.8, 4) is 5.75 Å². The highest BCUT2D eigenvalue weighted by Crippen LogP contribution is 2.32. The minimum Gasteiger partial charge on any atom is -0.480 e. The number of aliphatic carboxylic acids is 1. The number of nitrogens with one attached hydrogen (secondary N) is 1. The molecule has 0 heterocycles. The molecular weight excluding hydrogens is 591 g/mol. The van der Waals surface area contributed by atoms with Crippen molar-refractivity contribution in [1.29, 1.82) is 0 Å². The first-order valence-electron chi connectivity index (χ1n) is 9.33. The number of amides is 1. The van der Waals surface area contributed by atoms with Gasteiger partial charge in [-0.25, -0.2) is 10.2 Å². The van der Waals surface area contributed by atoms with Gasteiger partial charge in [-0.1, -0.05) is 60.7 Å². The molecule has 9 heteroatoms. The Hall–Kier alpha value is -2.76. The monoisotopic (exact) mass is 608 g/mol. The van der Waals surface area contributed by atoms with Crippen molar-refractivity contribution in [2.24, 2.45) is 5.10 Å². The van der Waals surface area contributed by atoms with E-state index in [4.69, 9.17) is 9.84 Å². The number of carbonyl (C=O) groups is 2. The Balaban J connectivity index is 1.82. The Kier molecular flexibility index (Phi) is 7.99. The molecule has 0 aliphatic rings. The Morgan fingerprint density at radius 1 is 1.06 bits per heavy atom. The Bertz CT molecular complexity index is 1080. The fourth-order valence-electron chi connectivity index (χ4n) is 2.96. The summed E-state index contributed by atoms with van der Waals surface area (Å²) < 4.78 is 6.48. The maximum atomic E-state index is 13.0. The molecule has 0 radical (unpaired) electrons. The SMILES string of the molecule is O=C(O)COc1c(Br)cc(/C=N/NC(=O)C(O)(c2ccccc2)c2ccccc2)cc1I. The summed E-state index contributed by atoms with van der Waals surface area (Å²) in [6, 6.07) is 20.7. The maximum Gasteiger partial charge on any atom is 0.341 e. The van der Waals surface area contributed by atoms with Gasteiger partial charge >= 0.3 is 5.97 Å². The van der Waals surface area contributed by atoms with Crippen molar-refractivity contribution in [3.05, 3.63) is 97.5 Å². The predicted octanol–water partition coefficient (Wildman–Crippen LogP) is 3.90. The lowest BCUT2D eigenvalue weighted by molar-refractivity contribution is -0.139. The zero-order valence-corrected chi connectivity index (χ0v) is 20.3. The second-order valence-electron chi connectivity index (χ2n) is 6.64. The van der Waals surface area contributed by atoms with E-state index in [1.54, 1.807) is 72.8 Å². The number of rotatable bonds is 8. The number of aliphatic hydroxyl groups is 1. The molecule has 0 unspecified atom stereocenters. The molecule has 0 fully saturated rings. The van der Waals surface area contributed by atoms with Crippen molar-refractivity contribution in [3.63, 3.8) is 0 Å². The van der Waals surface area contributed by atoms with Crippen LogP contribution in [0.4, 0.5) is 0 Å². The highest BCUT2D eigenvalue weighted by molar-refractivity contribution is 14.1. The zero-order valence-electron chi connectivity index (χ0n) is 16.5. The fraction of sp³-hybridized carbons (Fsp3) is 0.0870. The highest BCUT2D eigenvalue weighted by atomic mass is 127. The Morgan fingerprint density at radius 2 is 1.62 bits per heavy atom. The molecule has 3 N–H and O–H groups in total. The van der Waals surface area contributed by atoms with Crippen molar-refractivity contribution in [2.45, 2.75) is 5.60 Å². The molecule has 164 valence electrons. The number of carboxylic acids is 1. The van der Waals surface area contributed by atoms with Gasteiger partial charge in [0, 0.05) is 0 Å². The van der Waals surface area contributed by atoms with Gasteiger partial charge in [0.05, 0.1) is 14.3 Å². The molecule has 0 bridgehead atoms. The van der Waals surface area contributed by atoms with Gasteiger partial charge < -0.3 is 14.9 Å². The number of carbonyl (C=O) groups excluding carboxylic acids is 1. The molecule has 0 aromatic heterocycles. The first-order chi connectivity index (χ1) is 15.3. The van der Waals surface area contributed by atoms with Crippen LogP contribution in [0.25, 0.3) is 0 Å².